The third kappa shape index (κ3) is 4.95. The Morgan fingerprint density at radius 2 is 1.91 bits per heavy atom. The first kappa shape index (κ1) is 23.8. The molecule has 12 heteroatoms. The number of amides is 1. The minimum Gasteiger partial charge on any atom is -0.430 e. The molecule has 8 nitrogen and oxygen atoms in total. The smallest absolute Gasteiger partial charge is 0.417 e. The van der Waals surface area contributed by atoms with Crippen LogP contribution < -0.4 is 5.32 Å². The Kier molecular flexibility index (Phi) is 6.32. The van der Waals surface area contributed by atoms with Crippen LogP contribution in [0.2, 0.25) is 0 Å². The van der Waals surface area contributed by atoms with Crippen molar-refractivity contribution in [2.45, 2.75) is 66.2 Å². The Bertz CT molecular complexity index is 1050. The number of ether oxygens (including phenoxy) is 2. The number of alkyl halides is 3. The van der Waals surface area contributed by atoms with Gasteiger partial charge in [-0.3, -0.25) is 4.90 Å². The minimum atomic E-state index is -4.83. The molecule has 0 bridgehead atoms. The number of nitrogens with zero attached hydrogens (tertiary/aromatic N) is 2. The summed E-state index contributed by atoms with van der Waals surface area (Å²) in [4.78, 5) is 13.4. The average Bonchev–Trinajstić information content (AvgIpc) is 3.42. The third-order valence-electron chi connectivity index (χ3n) is 6.39. The van der Waals surface area contributed by atoms with E-state index in [9.17, 15) is 31.6 Å². The van der Waals surface area contributed by atoms with Gasteiger partial charge in [-0.1, -0.05) is 12.1 Å². The second-order valence-corrected chi connectivity index (χ2v) is 10.8. The molecule has 2 saturated heterocycles. The van der Waals surface area contributed by atoms with Crippen LogP contribution in [0.25, 0.3) is 0 Å². The maximum atomic E-state index is 13.5. The summed E-state index contributed by atoms with van der Waals surface area (Å²) < 4.78 is 77.9. The standard InChI is InChI=1S/C21H24F3N3O5S/c22-21(23,24)16-3-1-2-4-17(16)33(29,30)15-11-18(27(12-15)14-5-9-31-10-6-14)32-19(28)26-20(13-25)7-8-20/h1-4,14-15,18H,5-12H2,(H,26,28). The van der Waals surface area contributed by atoms with Crippen molar-refractivity contribution >= 4 is 15.9 Å². The number of likely N-dealkylation sites (tertiary alicyclic amines) is 1. The molecule has 1 aromatic carbocycles. The molecule has 4 rings (SSSR count). The van der Waals surface area contributed by atoms with Gasteiger partial charge < -0.3 is 14.8 Å². The highest BCUT2D eigenvalue weighted by molar-refractivity contribution is 7.92. The highest BCUT2D eigenvalue weighted by Crippen LogP contribution is 2.39. The van der Waals surface area contributed by atoms with Gasteiger partial charge in [0.15, 0.2) is 16.1 Å². The van der Waals surface area contributed by atoms with Crippen molar-refractivity contribution in [3.05, 3.63) is 29.8 Å². The molecule has 2 heterocycles. The van der Waals surface area contributed by atoms with Crippen LogP contribution in [0.1, 0.15) is 37.7 Å². The minimum absolute atomic E-state index is 0.0689. The maximum Gasteiger partial charge on any atom is 0.417 e. The molecular formula is C21H24F3N3O5S. The van der Waals surface area contributed by atoms with Crippen molar-refractivity contribution in [1.82, 2.24) is 10.2 Å². The summed E-state index contributed by atoms with van der Waals surface area (Å²) in [5.74, 6) is 0. The molecule has 3 aliphatic rings. The number of rotatable bonds is 5. The fraction of sp³-hybridized carbons (Fsp3) is 0.619. The second kappa shape index (κ2) is 8.77. The lowest BCUT2D eigenvalue weighted by atomic mass is 10.1. The van der Waals surface area contributed by atoms with E-state index in [1.807, 2.05) is 6.07 Å². The van der Waals surface area contributed by atoms with Gasteiger partial charge in [0.1, 0.15) is 5.54 Å². The molecule has 1 N–H and O–H groups in total. The molecule has 1 saturated carbocycles. The van der Waals surface area contributed by atoms with Crippen molar-refractivity contribution in [1.29, 1.82) is 5.26 Å². The van der Waals surface area contributed by atoms with E-state index in [1.54, 1.807) is 4.90 Å². The SMILES string of the molecule is N#CC1(NC(=O)OC2CC(S(=O)(=O)c3ccccc3C(F)(F)F)CN2C2CCOCC2)CC1. The first-order chi connectivity index (χ1) is 15.6. The van der Waals surface area contributed by atoms with E-state index in [1.165, 1.54) is 6.07 Å². The zero-order valence-corrected chi connectivity index (χ0v) is 18.5. The van der Waals surface area contributed by atoms with E-state index in [0.717, 1.165) is 18.2 Å². The predicted octanol–water partition coefficient (Wildman–Crippen LogP) is 2.84. The van der Waals surface area contributed by atoms with E-state index >= 15 is 0 Å². The van der Waals surface area contributed by atoms with Crippen LogP contribution >= 0.6 is 0 Å². The van der Waals surface area contributed by atoms with Gasteiger partial charge in [-0.25, -0.2) is 13.2 Å². The quantitative estimate of drug-likeness (QED) is 0.680. The van der Waals surface area contributed by atoms with Crippen LogP contribution in [0.3, 0.4) is 0 Å². The number of nitriles is 1. The number of carbonyl (C=O) groups is 1. The van der Waals surface area contributed by atoms with Crippen LogP contribution in [-0.4, -0.2) is 62.2 Å². The molecule has 1 amide bonds. The number of alkyl carbamates (subject to hydrolysis) is 1. The van der Waals surface area contributed by atoms with Gasteiger partial charge in [0, 0.05) is 32.2 Å². The van der Waals surface area contributed by atoms with Crippen LogP contribution in [0.4, 0.5) is 18.0 Å². The largest absolute Gasteiger partial charge is 0.430 e. The summed E-state index contributed by atoms with van der Waals surface area (Å²) in [6, 6.07) is 5.98. The highest BCUT2D eigenvalue weighted by Gasteiger charge is 2.49. The summed E-state index contributed by atoms with van der Waals surface area (Å²) in [6.07, 6.45) is -4.63. The Morgan fingerprint density at radius 1 is 1.24 bits per heavy atom. The summed E-state index contributed by atoms with van der Waals surface area (Å²) in [5.41, 5.74) is -2.18. The van der Waals surface area contributed by atoms with Crippen LogP contribution in [-0.2, 0) is 25.5 Å². The zero-order chi connectivity index (χ0) is 23.9. The fourth-order valence-corrected chi connectivity index (χ4v) is 6.30. The number of carbonyl (C=O) groups excluding carboxylic acids is 1. The van der Waals surface area contributed by atoms with Crippen molar-refractivity contribution in [2.75, 3.05) is 19.8 Å². The fourth-order valence-electron chi connectivity index (χ4n) is 4.40. The second-order valence-electron chi connectivity index (χ2n) is 8.62. The first-order valence-electron chi connectivity index (χ1n) is 10.7. The Morgan fingerprint density at radius 3 is 2.52 bits per heavy atom. The lowest BCUT2D eigenvalue weighted by Crippen LogP contribution is -2.47. The summed E-state index contributed by atoms with van der Waals surface area (Å²) in [6.45, 7) is 0.832. The maximum absolute atomic E-state index is 13.5. The highest BCUT2D eigenvalue weighted by atomic mass is 32.2. The predicted molar refractivity (Wildman–Crippen MR) is 109 cm³/mol. The van der Waals surface area contributed by atoms with Gasteiger partial charge in [-0.2, -0.15) is 18.4 Å². The Labute approximate surface area is 189 Å². The number of halogens is 3. The first-order valence-corrected chi connectivity index (χ1v) is 12.2. The molecule has 0 radical (unpaired) electrons. The van der Waals surface area contributed by atoms with E-state index in [-0.39, 0.29) is 19.0 Å². The van der Waals surface area contributed by atoms with Crippen molar-refractivity contribution < 1.29 is 35.9 Å². The Balaban J connectivity index is 1.58. The molecule has 2 atom stereocenters. The summed E-state index contributed by atoms with van der Waals surface area (Å²) >= 11 is 0. The van der Waals surface area contributed by atoms with Crippen LogP contribution in [0, 0.1) is 11.3 Å². The molecular weight excluding hydrogens is 463 g/mol. The summed E-state index contributed by atoms with van der Waals surface area (Å²) in [7, 11) is -4.38. The lowest BCUT2D eigenvalue weighted by Gasteiger charge is -2.34. The molecule has 1 aliphatic carbocycles. The van der Waals surface area contributed by atoms with Crippen molar-refractivity contribution in [3.63, 3.8) is 0 Å². The number of nitrogens with one attached hydrogen (secondary N) is 1. The monoisotopic (exact) mass is 487 g/mol. The number of hydrogen-bond acceptors (Lipinski definition) is 7. The lowest BCUT2D eigenvalue weighted by molar-refractivity contribution is -0.139. The molecule has 1 aromatic rings. The molecule has 3 fully saturated rings. The van der Waals surface area contributed by atoms with Crippen LogP contribution in [0.5, 0.6) is 0 Å². The molecule has 0 aromatic heterocycles. The van der Waals surface area contributed by atoms with Gasteiger partial charge in [-0.15, -0.1) is 0 Å². The molecule has 33 heavy (non-hydrogen) atoms. The topological polar surface area (TPSA) is 109 Å². The molecule has 180 valence electrons. The van der Waals surface area contributed by atoms with E-state index in [0.29, 0.717) is 38.9 Å². The van der Waals surface area contributed by atoms with Crippen molar-refractivity contribution in [2.24, 2.45) is 0 Å². The van der Waals surface area contributed by atoms with Gasteiger partial charge in [0.25, 0.3) is 0 Å². The average molecular weight is 488 g/mol. The normalized spacial score (nSPS) is 25.9. The molecule has 2 unspecified atom stereocenters. The van der Waals surface area contributed by atoms with Gasteiger partial charge in [-0.05, 0) is 37.8 Å². The number of hydrogen-bond donors (Lipinski definition) is 1. The van der Waals surface area contributed by atoms with E-state index in [4.69, 9.17) is 9.47 Å². The summed E-state index contributed by atoms with van der Waals surface area (Å²) in [5, 5.41) is 10.5. The number of benzene rings is 1. The van der Waals surface area contributed by atoms with Crippen molar-refractivity contribution in [3.8, 4) is 6.07 Å². The van der Waals surface area contributed by atoms with E-state index in [2.05, 4.69) is 5.32 Å². The van der Waals surface area contributed by atoms with Gasteiger partial charge in [0.2, 0.25) is 0 Å². The number of sulfone groups is 1. The van der Waals surface area contributed by atoms with E-state index < -0.39 is 49.6 Å². The zero-order valence-electron chi connectivity index (χ0n) is 17.7. The molecule has 0 spiro atoms. The Hall–Kier alpha value is -2.36. The van der Waals surface area contributed by atoms with Gasteiger partial charge in [0.05, 0.1) is 21.8 Å². The van der Waals surface area contributed by atoms with Gasteiger partial charge >= 0.3 is 12.3 Å². The van der Waals surface area contributed by atoms with Crippen LogP contribution in [0.15, 0.2) is 29.2 Å². The third-order valence-corrected chi connectivity index (χ3v) is 8.58. The molecule has 2 aliphatic heterocycles.